The summed E-state index contributed by atoms with van der Waals surface area (Å²) in [4.78, 5) is 0. The maximum atomic E-state index is 11.5. The Morgan fingerprint density at radius 2 is 1.74 bits per heavy atom. The van der Waals surface area contributed by atoms with E-state index >= 15 is 0 Å². The molecule has 3 aromatic rings. The highest BCUT2D eigenvalue weighted by molar-refractivity contribution is 7.84. The van der Waals surface area contributed by atoms with Gasteiger partial charge in [-0.25, -0.2) is 5.14 Å². The molecular weight excluding hydrogens is 524 g/mol. The van der Waals surface area contributed by atoms with Crippen molar-refractivity contribution in [2.75, 3.05) is 5.32 Å². The summed E-state index contributed by atoms with van der Waals surface area (Å²) >= 11 is 6.23. The predicted molar refractivity (Wildman–Crippen MR) is 124 cm³/mol. The van der Waals surface area contributed by atoms with Gasteiger partial charge in [0.2, 0.25) is 11.8 Å². The van der Waals surface area contributed by atoms with Crippen molar-refractivity contribution in [3.63, 3.8) is 0 Å². The standard InChI is InChI=1S/C19H19ClN6O7S2/c1-10-15(8-5-13(9-21)16(10)20)24-17(11(2)32-34(22,27)28)19-26-25-18(31-19)12-3-6-14(7-4-12)33-35(23,29)30/h3-8,11,17,24H,1-2H3,(H2,22,27,28)(H2,23,29,30)/t11-,17-/m1/s1. The highest BCUT2D eigenvalue weighted by Gasteiger charge is 2.30. The molecule has 3 rings (SSSR count). The number of halogens is 1. The number of hydrogen-bond acceptors (Lipinski definition) is 11. The van der Waals surface area contributed by atoms with E-state index in [1.165, 1.54) is 37.3 Å². The molecule has 2 aromatic carbocycles. The third-order valence-electron chi connectivity index (χ3n) is 4.59. The van der Waals surface area contributed by atoms with E-state index < -0.39 is 32.8 Å². The first-order valence-corrected chi connectivity index (χ1v) is 12.9. The quantitative estimate of drug-likeness (QED) is 0.355. The van der Waals surface area contributed by atoms with Gasteiger partial charge in [0.25, 0.3) is 0 Å². The lowest BCUT2D eigenvalue weighted by Gasteiger charge is -2.23. The summed E-state index contributed by atoms with van der Waals surface area (Å²) in [6, 6.07) is 9.59. The third kappa shape index (κ3) is 6.88. The second kappa shape index (κ2) is 10.2. The Morgan fingerprint density at radius 1 is 1.09 bits per heavy atom. The fourth-order valence-corrected chi connectivity index (χ4v) is 4.13. The molecule has 0 saturated carbocycles. The first-order valence-electron chi connectivity index (χ1n) is 9.60. The first-order chi connectivity index (χ1) is 16.3. The van der Waals surface area contributed by atoms with Crippen molar-refractivity contribution in [2.45, 2.75) is 26.0 Å². The van der Waals surface area contributed by atoms with Crippen LogP contribution in [-0.2, 0) is 24.8 Å². The molecule has 5 N–H and O–H groups in total. The topological polar surface area (TPSA) is 214 Å². The number of nitrogens with zero attached hydrogens (tertiary/aromatic N) is 3. The fraction of sp³-hybridized carbons (Fsp3) is 0.211. The minimum atomic E-state index is -4.33. The number of anilines is 1. The van der Waals surface area contributed by atoms with Crippen molar-refractivity contribution in [3.05, 3.63) is 58.4 Å². The van der Waals surface area contributed by atoms with Gasteiger partial charge in [0.05, 0.1) is 10.6 Å². The summed E-state index contributed by atoms with van der Waals surface area (Å²) in [5.74, 6) is -0.0499. The van der Waals surface area contributed by atoms with Gasteiger partial charge in [-0.1, -0.05) is 11.6 Å². The third-order valence-corrected chi connectivity index (χ3v) is 6.08. The van der Waals surface area contributed by atoms with E-state index in [1.807, 2.05) is 6.07 Å². The SMILES string of the molecule is Cc1c(N[C@@H](c2nnc(-c3ccc(OS(N)(=O)=O)cc3)o2)[C@@H](C)OS(N)(=O)=O)ccc(C#N)c1Cl. The lowest BCUT2D eigenvalue weighted by Crippen LogP contribution is -2.31. The number of nitrogens with two attached hydrogens (primary N) is 2. The summed E-state index contributed by atoms with van der Waals surface area (Å²) in [6.45, 7) is 3.09. The molecule has 0 aliphatic carbocycles. The van der Waals surface area contributed by atoms with Gasteiger partial charge in [-0.15, -0.1) is 10.2 Å². The Morgan fingerprint density at radius 3 is 2.31 bits per heavy atom. The summed E-state index contributed by atoms with van der Waals surface area (Å²) in [5, 5.41) is 30.2. The van der Waals surface area contributed by atoms with Crippen LogP contribution in [0.5, 0.6) is 5.75 Å². The average Bonchev–Trinajstić information content (AvgIpc) is 3.22. The molecular formula is C19H19ClN6O7S2. The average molecular weight is 543 g/mol. The van der Waals surface area contributed by atoms with Crippen LogP contribution in [0.4, 0.5) is 5.69 Å². The molecule has 0 aliphatic rings. The molecule has 0 bridgehead atoms. The Kier molecular flexibility index (Phi) is 7.65. The zero-order valence-corrected chi connectivity index (χ0v) is 20.6. The largest absolute Gasteiger partial charge is 0.418 e. The molecule has 0 radical (unpaired) electrons. The first kappa shape index (κ1) is 26.3. The molecule has 2 atom stereocenters. The molecule has 1 aromatic heterocycles. The molecule has 0 unspecified atom stereocenters. The Hall–Kier alpha value is -3.26. The highest BCUT2D eigenvalue weighted by Crippen LogP contribution is 2.32. The van der Waals surface area contributed by atoms with Crippen molar-refractivity contribution in [1.82, 2.24) is 10.2 Å². The normalized spacial score (nSPS) is 13.6. The van der Waals surface area contributed by atoms with Crippen LogP contribution < -0.4 is 19.8 Å². The van der Waals surface area contributed by atoms with Gasteiger partial charge < -0.3 is 13.9 Å². The molecule has 13 nitrogen and oxygen atoms in total. The van der Waals surface area contributed by atoms with Crippen LogP contribution in [-0.4, -0.2) is 33.1 Å². The van der Waals surface area contributed by atoms with Crippen LogP contribution in [0.2, 0.25) is 5.02 Å². The predicted octanol–water partition coefficient (Wildman–Crippen LogP) is 1.91. The van der Waals surface area contributed by atoms with Gasteiger partial charge in [0.15, 0.2) is 0 Å². The van der Waals surface area contributed by atoms with Gasteiger partial charge in [-0.2, -0.15) is 27.2 Å². The van der Waals surface area contributed by atoms with Crippen LogP contribution in [0, 0.1) is 18.3 Å². The van der Waals surface area contributed by atoms with E-state index in [0.29, 0.717) is 16.8 Å². The van der Waals surface area contributed by atoms with Crippen molar-refractivity contribution in [1.29, 1.82) is 5.26 Å². The van der Waals surface area contributed by atoms with E-state index in [4.69, 9.17) is 35.7 Å². The van der Waals surface area contributed by atoms with E-state index in [-0.39, 0.29) is 28.1 Å². The molecule has 35 heavy (non-hydrogen) atoms. The van der Waals surface area contributed by atoms with Crippen LogP contribution in [0.15, 0.2) is 40.8 Å². The zero-order valence-electron chi connectivity index (χ0n) is 18.2. The van der Waals surface area contributed by atoms with Gasteiger partial charge in [-0.3, -0.25) is 4.18 Å². The van der Waals surface area contributed by atoms with Gasteiger partial charge in [0, 0.05) is 11.3 Å². The van der Waals surface area contributed by atoms with Crippen LogP contribution >= 0.6 is 11.6 Å². The minimum absolute atomic E-state index is 0.0288. The number of rotatable bonds is 9. The Balaban J connectivity index is 1.95. The van der Waals surface area contributed by atoms with E-state index in [9.17, 15) is 16.8 Å². The minimum Gasteiger partial charge on any atom is -0.418 e. The maximum absolute atomic E-state index is 11.5. The molecule has 1 heterocycles. The van der Waals surface area contributed by atoms with Gasteiger partial charge in [-0.05, 0) is 55.8 Å². The molecule has 0 amide bonds. The number of aromatic nitrogens is 2. The van der Waals surface area contributed by atoms with Gasteiger partial charge in [0.1, 0.15) is 24.0 Å². The summed E-state index contributed by atoms with van der Waals surface area (Å²) in [6.07, 6.45) is -1.11. The smallest absolute Gasteiger partial charge is 0.380 e. The van der Waals surface area contributed by atoms with Crippen molar-refractivity contribution in [2.24, 2.45) is 10.3 Å². The molecule has 186 valence electrons. The van der Waals surface area contributed by atoms with E-state index in [2.05, 4.69) is 19.7 Å². The molecule has 16 heteroatoms. The van der Waals surface area contributed by atoms with Crippen LogP contribution in [0.3, 0.4) is 0 Å². The monoisotopic (exact) mass is 542 g/mol. The van der Waals surface area contributed by atoms with Crippen LogP contribution in [0.25, 0.3) is 11.5 Å². The van der Waals surface area contributed by atoms with Crippen molar-refractivity contribution >= 4 is 37.9 Å². The summed E-state index contributed by atoms with van der Waals surface area (Å²) in [5.41, 5.74) is 1.63. The number of nitriles is 1. The number of nitrogens with one attached hydrogen (secondary N) is 1. The molecule has 0 saturated heterocycles. The Labute approximate surface area is 206 Å². The number of benzene rings is 2. The van der Waals surface area contributed by atoms with E-state index in [1.54, 1.807) is 13.0 Å². The van der Waals surface area contributed by atoms with Gasteiger partial charge >= 0.3 is 20.6 Å². The lowest BCUT2D eigenvalue weighted by atomic mass is 10.1. The van der Waals surface area contributed by atoms with Crippen LogP contribution in [0.1, 0.15) is 30.0 Å². The lowest BCUT2D eigenvalue weighted by molar-refractivity contribution is 0.192. The highest BCUT2D eigenvalue weighted by atomic mass is 35.5. The molecule has 0 aliphatic heterocycles. The van der Waals surface area contributed by atoms with E-state index in [0.717, 1.165) is 0 Å². The van der Waals surface area contributed by atoms with Crippen molar-refractivity contribution < 1.29 is 29.6 Å². The summed E-state index contributed by atoms with van der Waals surface area (Å²) in [7, 11) is -8.52. The molecule has 0 fully saturated rings. The fourth-order valence-electron chi connectivity index (χ4n) is 3.01. The molecule has 0 spiro atoms. The Bertz CT molecular complexity index is 1480. The zero-order chi connectivity index (χ0) is 26.0. The second-order valence-electron chi connectivity index (χ2n) is 7.17. The van der Waals surface area contributed by atoms with Crippen molar-refractivity contribution in [3.8, 4) is 23.3 Å². The maximum Gasteiger partial charge on any atom is 0.380 e. The summed E-state index contributed by atoms with van der Waals surface area (Å²) < 4.78 is 60.4. The second-order valence-corrected chi connectivity index (χ2v) is 9.88. The number of hydrogen-bond donors (Lipinski definition) is 3.